The predicted octanol–water partition coefficient (Wildman–Crippen LogP) is 7.44. The largest absolute Gasteiger partial charge is 0.487 e. The number of benzene rings is 1. The lowest BCUT2D eigenvalue weighted by Gasteiger charge is -2.27. The molecule has 142 valence electrons. The molecule has 0 unspecified atom stereocenters. The minimum atomic E-state index is 0.160. The maximum absolute atomic E-state index is 6.54. The zero-order valence-electron chi connectivity index (χ0n) is 14.4. The highest BCUT2D eigenvalue weighted by molar-refractivity contribution is 6.50. The van der Waals surface area contributed by atoms with Crippen LogP contribution < -0.4 is 9.47 Å². The minimum Gasteiger partial charge on any atom is -0.487 e. The Morgan fingerprint density at radius 3 is 1.35 bits per heavy atom. The molecular formula is C20H22Cl4O2. The molecular weight excluding hydrogens is 414 g/mol. The van der Waals surface area contributed by atoms with E-state index in [4.69, 9.17) is 55.9 Å². The maximum atomic E-state index is 6.54. The summed E-state index contributed by atoms with van der Waals surface area (Å²) in [7, 11) is 0. The minimum absolute atomic E-state index is 0.160. The molecule has 4 aliphatic carbocycles. The smallest absolute Gasteiger partial charge is 0.160 e. The van der Waals surface area contributed by atoms with Crippen LogP contribution in [0.2, 0.25) is 20.1 Å². The highest BCUT2D eigenvalue weighted by Crippen LogP contribution is 2.56. The summed E-state index contributed by atoms with van der Waals surface area (Å²) in [5, 5.41) is 1.29. The van der Waals surface area contributed by atoms with Crippen molar-refractivity contribution in [1.29, 1.82) is 0 Å². The summed E-state index contributed by atoms with van der Waals surface area (Å²) in [5.74, 6) is 3.69. The lowest BCUT2D eigenvalue weighted by Crippen LogP contribution is -2.24. The summed E-state index contributed by atoms with van der Waals surface area (Å²) in [5.41, 5.74) is 0. The van der Waals surface area contributed by atoms with Crippen molar-refractivity contribution in [2.24, 2.45) is 23.7 Å². The van der Waals surface area contributed by atoms with Crippen molar-refractivity contribution < 1.29 is 9.47 Å². The average Bonchev–Trinajstić information content (AvgIpc) is 3.53. The van der Waals surface area contributed by atoms with Crippen molar-refractivity contribution in [3.8, 4) is 11.5 Å². The topological polar surface area (TPSA) is 18.5 Å². The molecule has 0 aromatic heterocycles. The maximum Gasteiger partial charge on any atom is 0.160 e. The number of ether oxygens (including phenoxy) is 2. The summed E-state index contributed by atoms with van der Waals surface area (Å²) in [6.07, 6.45) is 9.87. The van der Waals surface area contributed by atoms with Gasteiger partial charge in [0.15, 0.2) is 11.5 Å². The molecule has 4 fully saturated rings. The molecule has 0 radical (unpaired) electrons. The van der Waals surface area contributed by atoms with Crippen LogP contribution in [0.1, 0.15) is 51.4 Å². The molecule has 0 heterocycles. The van der Waals surface area contributed by atoms with E-state index in [0.717, 1.165) is 24.7 Å². The molecule has 2 nitrogen and oxygen atoms in total. The number of rotatable bonds is 4. The van der Waals surface area contributed by atoms with Crippen LogP contribution >= 0.6 is 46.4 Å². The lowest BCUT2D eigenvalue weighted by atomic mass is 9.97. The standard InChI is InChI=1S/C20H22Cl4O2/c21-15-17(23)20(26-14-6-2-4-10-8-12(10)14)18(24)16(22)19(15)25-13-5-1-3-9-7-11(9)13/h9-14H,1-8H2/t9-,10-,11+,12+,13-,14-/m0/s1. The third-order valence-corrected chi connectivity index (χ3v) is 8.39. The van der Waals surface area contributed by atoms with Gasteiger partial charge in [0.05, 0.1) is 0 Å². The van der Waals surface area contributed by atoms with Crippen molar-refractivity contribution in [1.82, 2.24) is 0 Å². The van der Waals surface area contributed by atoms with Crippen molar-refractivity contribution in [3.63, 3.8) is 0 Å². The van der Waals surface area contributed by atoms with Crippen LogP contribution in [0.3, 0.4) is 0 Å². The van der Waals surface area contributed by atoms with Gasteiger partial charge in [-0.25, -0.2) is 0 Å². The first-order valence-electron chi connectivity index (χ1n) is 9.73. The monoisotopic (exact) mass is 434 g/mol. The van der Waals surface area contributed by atoms with Crippen LogP contribution in [-0.2, 0) is 0 Å². The van der Waals surface area contributed by atoms with E-state index in [-0.39, 0.29) is 12.2 Å². The molecule has 5 rings (SSSR count). The van der Waals surface area contributed by atoms with Gasteiger partial charge in [-0.2, -0.15) is 0 Å². The summed E-state index contributed by atoms with van der Waals surface area (Å²) in [4.78, 5) is 0. The molecule has 0 bridgehead atoms. The van der Waals surface area contributed by atoms with Crippen molar-refractivity contribution in [3.05, 3.63) is 20.1 Å². The second kappa shape index (κ2) is 6.79. The Labute approximate surface area is 174 Å². The first kappa shape index (κ1) is 18.0. The first-order valence-corrected chi connectivity index (χ1v) is 11.2. The summed E-state index contributed by atoms with van der Waals surface area (Å²) < 4.78 is 12.4. The molecule has 0 saturated heterocycles. The fraction of sp³-hybridized carbons (Fsp3) is 0.700. The SMILES string of the molecule is Clc1c(Cl)c(O[C@H]2CCC[C@H]3C[C@H]32)c(Cl)c(Cl)c1O[C@H]1CCC[C@H]2C[C@H]21. The summed E-state index contributed by atoms with van der Waals surface area (Å²) in [6.45, 7) is 0. The Kier molecular flexibility index (Phi) is 4.71. The van der Waals surface area contributed by atoms with Crippen LogP contribution in [0.4, 0.5) is 0 Å². The van der Waals surface area contributed by atoms with Crippen LogP contribution in [0.5, 0.6) is 11.5 Å². The number of hydrogen-bond acceptors (Lipinski definition) is 2. The van der Waals surface area contributed by atoms with Crippen molar-refractivity contribution in [2.45, 2.75) is 63.6 Å². The van der Waals surface area contributed by atoms with Gasteiger partial charge >= 0.3 is 0 Å². The van der Waals surface area contributed by atoms with Gasteiger partial charge in [-0.1, -0.05) is 46.4 Å². The molecule has 0 N–H and O–H groups in total. The molecule has 6 heteroatoms. The third-order valence-electron chi connectivity index (χ3n) is 6.76. The fourth-order valence-corrected chi connectivity index (χ4v) is 6.10. The second-order valence-corrected chi connectivity index (χ2v) is 9.92. The zero-order valence-corrected chi connectivity index (χ0v) is 17.5. The van der Waals surface area contributed by atoms with E-state index in [1.54, 1.807) is 0 Å². The van der Waals surface area contributed by atoms with Gasteiger partial charge < -0.3 is 9.47 Å². The Morgan fingerprint density at radius 2 is 0.962 bits per heavy atom. The molecule has 0 spiro atoms. The Hall–Kier alpha value is -0.0200. The van der Waals surface area contributed by atoms with E-state index in [1.807, 2.05) is 0 Å². The quantitative estimate of drug-likeness (QED) is 0.457. The van der Waals surface area contributed by atoms with E-state index < -0.39 is 0 Å². The van der Waals surface area contributed by atoms with Gasteiger partial charge in [0, 0.05) is 0 Å². The Balaban J connectivity index is 1.40. The second-order valence-electron chi connectivity index (χ2n) is 8.41. The number of halogens is 4. The zero-order chi connectivity index (χ0) is 18.0. The van der Waals surface area contributed by atoms with Crippen LogP contribution in [0.25, 0.3) is 0 Å². The fourth-order valence-electron chi connectivity index (χ4n) is 5.10. The van der Waals surface area contributed by atoms with Crippen LogP contribution in [-0.4, -0.2) is 12.2 Å². The molecule has 26 heavy (non-hydrogen) atoms. The number of fused-ring (bicyclic) bond motifs is 2. The highest BCUT2D eigenvalue weighted by Gasteiger charge is 2.48. The highest BCUT2D eigenvalue weighted by atomic mass is 35.5. The van der Waals surface area contributed by atoms with Gasteiger partial charge in [0.25, 0.3) is 0 Å². The van der Waals surface area contributed by atoms with Gasteiger partial charge in [0.1, 0.15) is 32.3 Å². The van der Waals surface area contributed by atoms with Crippen molar-refractivity contribution in [2.75, 3.05) is 0 Å². The Bertz CT molecular complexity index is 647. The molecule has 1 aromatic carbocycles. The van der Waals surface area contributed by atoms with E-state index in [0.29, 0.717) is 43.4 Å². The normalized spacial score (nSPS) is 37.5. The molecule has 4 saturated carbocycles. The van der Waals surface area contributed by atoms with Gasteiger partial charge in [-0.05, 0) is 75.0 Å². The lowest BCUT2D eigenvalue weighted by molar-refractivity contribution is 0.136. The van der Waals surface area contributed by atoms with Gasteiger partial charge in [0.2, 0.25) is 0 Å². The molecule has 4 aliphatic rings. The molecule has 0 amide bonds. The first-order chi connectivity index (χ1) is 12.5. The van der Waals surface area contributed by atoms with E-state index in [1.165, 1.54) is 38.5 Å². The third kappa shape index (κ3) is 3.09. The molecule has 0 aliphatic heterocycles. The predicted molar refractivity (Wildman–Crippen MR) is 106 cm³/mol. The van der Waals surface area contributed by atoms with Crippen LogP contribution in [0.15, 0.2) is 0 Å². The molecule has 1 aromatic rings. The summed E-state index contributed by atoms with van der Waals surface area (Å²) >= 11 is 26.2. The van der Waals surface area contributed by atoms with Crippen molar-refractivity contribution >= 4 is 46.4 Å². The Morgan fingerprint density at radius 1 is 0.577 bits per heavy atom. The average molecular weight is 436 g/mol. The number of hydrogen-bond donors (Lipinski definition) is 0. The summed E-state index contributed by atoms with van der Waals surface area (Å²) in [6, 6.07) is 0. The van der Waals surface area contributed by atoms with E-state index in [2.05, 4.69) is 0 Å². The van der Waals surface area contributed by atoms with E-state index in [9.17, 15) is 0 Å². The molecule has 6 atom stereocenters. The van der Waals surface area contributed by atoms with Gasteiger partial charge in [-0.3, -0.25) is 0 Å². The van der Waals surface area contributed by atoms with Gasteiger partial charge in [-0.15, -0.1) is 0 Å². The van der Waals surface area contributed by atoms with Crippen LogP contribution in [0, 0.1) is 23.7 Å². The van der Waals surface area contributed by atoms with E-state index >= 15 is 0 Å².